The number of rotatable bonds is 5. The fourth-order valence-electron chi connectivity index (χ4n) is 2.13. The van der Waals surface area contributed by atoms with E-state index in [4.69, 9.17) is 0 Å². The summed E-state index contributed by atoms with van der Waals surface area (Å²) in [5.41, 5.74) is 2.46. The number of nitrogens with zero attached hydrogens (tertiary/aromatic N) is 1. The summed E-state index contributed by atoms with van der Waals surface area (Å²) >= 11 is 0. The van der Waals surface area contributed by atoms with Crippen LogP contribution in [0.5, 0.6) is 0 Å². The molecule has 112 valence electrons. The van der Waals surface area contributed by atoms with Gasteiger partial charge < -0.3 is 5.32 Å². The highest BCUT2D eigenvalue weighted by Gasteiger charge is 2.18. The number of aryl methyl sites for hydroxylation is 1. The lowest BCUT2D eigenvalue weighted by molar-refractivity contribution is 0.600. The third kappa shape index (κ3) is 3.59. The molecule has 6 heteroatoms. The van der Waals surface area contributed by atoms with Crippen LogP contribution < -0.4 is 10.0 Å². The zero-order valence-electron chi connectivity index (χ0n) is 12.3. The van der Waals surface area contributed by atoms with E-state index in [1.165, 1.54) is 0 Å². The van der Waals surface area contributed by atoms with E-state index in [0.29, 0.717) is 12.4 Å². The van der Waals surface area contributed by atoms with Crippen LogP contribution in [-0.4, -0.2) is 20.4 Å². The van der Waals surface area contributed by atoms with Crippen LogP contribution in [-0.2, 0) is 16.6 Å². The molecule has 0 amide bonds. The summed E-state index contributed by atoms with van der Waals surface area (Å²) in [6.45, 7) is 4.25. The summed E-state index contributed by atoms with van der Waals surface area (Å²) in [5, 5.41) is 3.03. The minimum absolute atomic E-state index is 0.276. The van der Waals surface area contributed by atoms with Crippen LogP contribution in [0.25, 0.3) is 0 Å². The molecule has 2 N–H and O–H groups in total. The molecule has 0 bridgehead atoms. The third-order valence-electron chi connectivity index (χ3n) is 3.18. The molecule has 21 heavy (non-hydrogen) atoms. The molecule has 0 saturated carbocycles. The van der Waals surface area contributed by atoms with Gasteiger partial charge in [0.1, 0.15) is 5.82 Å². The van der Waals surface area contributed by atoms with Gasteiger partial charge in [0.2, 0.25) is 0 Å². The number of hydrogen-bond donors (Lipinski definition) is 2. The Morgan fingerprint density at radius 2 is 1.81 bits per heavy atom. The summed E-state index contributed by atoms with van der Waals surface area (Å²) in [4.78, 5) is 4.45. The molecule has 0 aliphatic rings. The molecule has 0 fully saturated rings. The van der Waals surface area contributed by atoms with E-state index in [2.05, 4.69) is 15.0 Å². The van der Waals surface area contributed by atoms with E-state index in [-0.39, 0.29) is 4.90 Å². The molecule has 2 aromatic rings. The van der Waals surface area contributed by atoms with Gasteiger partial charge in [-0.25, -0.2) is 13.4 Å². The quantitative estimate of drug-likeness (QED) is 0.888. The Balaban J connectivity index is 2.38. The maximum atomic E-state index is 12.5. The lowest BCUT2D eigenvalue weighted by atomic mass is 10.1. The number of benzene rings is 1. The monoisotopic (exact) mass is 305 g/mol. The average molecular weight is 305 g/mol. The number of sulfonamides is 1. The van der Waals surface area contributed by atoms with Crippen molar-refractivity contribution in [1.29, 1.82) is 0 Å². The molecule has 0 radical (unpaired) electrons. The van der Waals surface area contributed by atoms with E-state index in [9.17, 15) is 8.42 Å². The lowest BCUT2D eigenvalue weighted by Crippen LogP contribution is -2.17. The first-order valence-corrected chi connectivity index (χ1v) is 8.12. The highest BCUT2D eigenvalue weighted by Crippen LogP contribution is 2.21. The van der Waals surface area contributed by atoms with E-state index in [1.54, 1.807) is 24.3 Å². The maximum absolute atomic E-state index is 12.5. The summed E-state index contributed by atoms with van der Waals surface area (Å²) in [7, 11) is -1.81. The molecular formula is C15H19N3O2S. The predicted molar refractivity (Wildman–Crippen MR) is 83.7 cm³/mol. The smallest absolute Gasteiger partial charge is 0.263 e. The molecule has 0 saturated heterocycles. The average Bonchev–Trinajstić information content (AvgIpc) is 2.40. The van der Waals surface area contributed by atoms with Crippen molar-refractivity contribution in [2.24, 2.45) is 0 Å². The standard InChI is InChI=1S/C15H19N3O2S/c1-11-6-4-9-15(17-11)18-21(19,20)14-8-5-7-13(10-16-3)12(14)2/h4-9,16H,10H2,1-3H3,(H,17,18). The summed E-state index contributed by atoms with van der Waals surface area (Å²) in [6.07, 6.45) is 0. The van der Waals surface area contributed by atoms with Crippen LogP contribution >= 0.6 is 0 Å². The Morgan fingerprint density at radius 1 is 1.10 bits per heavy atom. The molecule has 2 rings (SSSR count). The Bertz CT molecular complexity index is 742. The second-order valence-corrected chi connectivity index (χ2v) is 6.49. The topological polar surface area (TPSA) is 71.1 Å². The van der Waals surface area contributed by atoms with Crippen LogP contribution in [0.2, 0.25) is 0 Å². The second-order valence-electron chi connectivity index (χ2n) is 4.84. The minimum atomic E-state index is -3.64. The molecule has 0 atom stereocenters. The Hall–Kier alpha value is -1.92. The Kier molecular flexibility index (Phi) is 4.59. The molecule has 0 aliphatic carbocycles. The minimum Gasteiger partial charge on any atom is -0.316 e. The molecule has 1 aromatic heterocycles. The Morgan fingerprint density at radius 3 is 2.48 bits per heavy atom. The van der Waals surface area contributed by atoms with E-state index in [1.807, 2.05) is 33.0 Å². The van der Waals surface area contributed by atoms with Gasteiger partial charge in [-0.1, -0.05) is 18.2 Å². The SMILES string of the molecule is CNCc1cccc(S(=O)(=O)Nc2cccc(C)n2)c1C. The van der Waals surface area contributed by atoms with Crippen molar-refractivity contribution in [3.05, 3.63) is 53.2 Å². The van der Waals surface area contributed by atoms with E-state index >= 15 is 0 Å². The van der Waals surface area contributed by atoms with Gasteiger partial charge in [-0.3, -0.25) is 4.72 Å². The largest absolute Gasteiger partial charge is 0.316 e. The first-order chi connectivity index (χ1) is 9.94. The normalized spacial score (nSPS) is 11.4. The molecule has 0 unspecified atom stereocenters. The highest BCUT2D eigenvalue weighted by molar-refractivity contribution is 7.92. The van der Waals surface area contributed by atoms with Crippen LogP contribution in [0, 0.1) is 13.8 Å². The molecule has 0 spiro atoms. The van der Waals surface area contributed by atoms with Crippen LogP contribution in [0.4, 0.5) is 5.82 Å². The summed E-state index contributed by atoms with van der Waals surface area (Å²) in [6, 6.07) is 10.5. The van der Waals surface area contributed by atoms with Gasteiger partial charge >= 0.3 is 0 Å². The van der Waals surface area contributed by atoms with Crippen molar-refractivity contribution >= 4 is 15.8 Å². The van der Waals surface area contributed by atoms with Gasteiger partial charge in [0.05, 0.1) is 4.90 Å². The van der Waals surface area contributed by atoms with Gasteiger partial charge in [-0.15, -0.1) is 0 Å². The molecular weight excluding hydrogens is 286 g/mol. The van der Waals surface area contributed by atoms with Crippen molar-refractivity contribution in [3.8, 4) is 0 Å². The van der Waals surface area contributed by atoms with Gasteiger partial charge in [0.15, 0.2) is 0 Å². The van der Waals surface area contributed by atoms with Crippen LogP contribution in [0.1, 0.15) is 16.8 Å². The number of pyridine rings is 1. The molecule has 1 aromatic carbocycles. The van der Waals surface area contributed by atoms with Gasteiger partial charge in [-0.05, 0) is 50.2 Å². The number of anilines is 1. The first-order valence-electron chi connectivity index (χ1n) is 6.63. The maximum Gasteiger partial charge on any atom is 0.263 e. The van der Waals surface area contributed by atoms with Crippen LogP contribution in [0.15, 0.2) is 41.3 Å². The fraction of sp³-hybridized carbons (Fsp3) is 0.267. The van der Waals surface area contributed by atoms with Crippen LogP contribution in [0.3, 0.4) is 0 Å². The third-order valence-corrected chi connectivity index (χ3v) is 4.68. The van der Waals surface area contributed by atoms with Crippen molar-refractivity contribution in [2.75, 3.05) is 11.8 Å². The summed E-state index contributed by atoms with van der Waals surface area (Å²) in [5.74, 6) is 0.327. The van der Waals surface area contributed by atoms with Crippen molar-refractivity contribution < 1.29 is 8.42 Å². The van der Waals surface area contributed by atoms with E-state index in [0.717, 1.165) is 16.8 Å². The highest BCUT2D eigenvalue weighted by atomic mass is 32.2. The van der Waals surface area contributed by atoms with Gasteiger partial charge in [0.25, 0.3) is 10.0 Å². The number of aromatic nitrogens is 1. The first kappa shape index (κ1) is 15.5. The zero-order valence-corrected chi connectivity index (χ0v) is 13.2. The van der Waals surface area contributed by atoms with Gasteiger partial charge in [0, 0.05) is 12.2 Å². The number of nitrogens with one attached hydrogen (secondary N) is 2. The van der Waals surface area contributed by atoms with Crippen molar-refractivity contribution in [2.45, 2.75) is 25.3 Å². The predicted octanol–water partition coefficient (Wildman–Crippen LogP) is 2.22. The summed E-state index contributed by atoms with van der Waals surface area (Å²) < 4.78 is 27.6. The zero-order chi connectivity index (χ0) is 15.5. The van der Waals surface area contributed by atoms with Crippen molar-refractivity contribution in [1.82, 2.24) is 10.3 Å². The molecule has 1 heterocycles. The lowest BCUT2D eigenvalue weighted by Gasteiger charge is -2.13. The van der Waals surface area contributed by atoms with Crippen molar-refractivity contribution in [3.63, 3.8) is 0 Å². The Labute approximate surface area is 125 Å². The van der Waals surface area contributed by atoms with Gasteiger partial charge in [-0.2, -0.15) is 0 Å². The number of hydrogen-bond acceptors (Lipinski definition) is 4. The molecule has 0 aliphatic heterocycles. The fourth-order valence-corrected chi connectivity index (χ4v) is 3.42. The van der Waals surface area contributed by atoms with E-state index < -0.39 is 10.0 Å². The second kappa shape index (κ2) is 6.24. The molecule has 5 nitrogen and oxygen atoms in total.